The van der Waals surface area contributed by atoms with Crippen LogP contribution in [0.3, 0.4) is 0 Å². The van der Waals surface area contributed by atoms with Crippen LogP contribution < -0.4 is 15.0 Å². The molecule has 212 valence electrons. The van der Waals surface area contributed by atoms with E-state index in [4.69, 9.17) is 14.1 Å². The molecule has 7 rings (SSSR count). The Morgan fingerprint density at radius 1 is 1.07 bits per heavy atom. The summed E-state index contributed by atoms with van der Waals surface area (Å²) >= 11 is 0. The van der Waals surface area contributed by atoms with E-state index in [1.54, 1.807) is 31.3 Å². The van der Waals surface area contributed by atoms with Crippen molar-refractivity contribution in [3.63, 3.8) is 0 Å². The maximum Gasteiger partial charge on any atom is 0.255 e. The number of amides is 1. The summed E-state index contributed by atoms with van der Waals surface area (Å²) in [5.41, 5.74) is 7.37. The summed E-state index contributed by atoms with van der Waals surface area (Å²) in [7, 11) is 5.44. The third-order valence-electron chi connectivity index (χ3n) is 7.86. The van der Waals surface area contributed by atoms with Crippen molar-refractivity contribution in [1.82, 2.24) is 14.9 Å². The number of nitriles is 1. The number of pyridine rings is 1. The number of carbonyl (C=O) groups is 1. The maximum absolute atomic E-state index is 14.9. The number of anilines is 1. The molecule has 0 radical (unpaired) electrons. The van der Waals surface area contributed by atoms with E-state index in [1.165, 1.54) is 6.07 Å². The summed E-state index contributed by atoms with van der Waals surface area (Å²) in [4.78, 5) is 20.2. The van der Waals surface area contributed by atoms with E-state index in [9.17, 15) is 14.4 Å². The molecule has 1 aliphatic rings. The first-order valence-corrected chi connectivity index (χ1v) is 13.7. The SMILES string of the molecule is CNC(=O)c1c(-c2ccc(C#N)cc2)oc2cc(N(C)C)c(-c3ccc4c(n3)-c3cc5c(F)cc(C)cc5n3CO4)cc12. The van der Waals surface area contributed by atoms with Crippen molar-refractivity contribution in [1.29, 1.82) is 5.26 Å². The van der Waals surface area contributed by atoms with E-state index < -0.39 is 0 Å². The van der Waals surface area contributed by atoms with Crippen molar-refractivity contribution in [3.8, 4) is 45.8 Å². The number of nitrogens with zero attached hydrogens (tertiary/aromatic N) is 4. The van der Waals surface area contributed by atoms with Gasteiger partial charge in [-0.15, -0.1) is 0 Å². The van der Waals surface area contributed by atoms with Gasteiger partial charge < -0.3 is 23.9 Å². The van der Waals surface area contributed by atoms with E-state index >= 15 is 0 Å². The molecule has 1 amide bonds. The molecule has 1 aliphatic heterocycles. The molecule has 0 fully saturated rings. The summed E-state index contributed by atoms with van der Waals surface area (Å²) < 4.78 is 29.2. The highest BCUT2D eigenvalue weighted by Gasteiger charge is 2.27. The minimum atomic E-state index is -0.296. The van der Waals surface area contributed by atoms with Crippen LogP contribution in [-0.4, -0.2) is 36.6 Å². The minimum Gasteiger partial charge on any atom is -0.470 e. The Morgan fingerprint density at radius 3 is 2.58 bits per heavy atom. The molecule has 0 spiro atoms. The van der Waals surface area contributed by atoms with Gasteiger partial charge in [-0.1, -0.05) is 0 Å². The smallest absolute Gasteiger partial charge is 0.255 e. The second-order valence-electron chi connectivity index (χ2n) is 10.8. The number of hydrogen-bond donors (Lipinski definition) is 1. The molecular formula is C34H26FN5O3. The standard InChI is InChI=1S/C34H26FN5O3/c1-18-11-24(35)21-14-28-32-29(42-17-40(28)27(21)12-18)10-9-25(38-32)22-13-23-30(15-26(22)39(3)4)43-33(31(23)34(41)37-2)20-7-5-19(16-36)6-8-20/h5-15H,17H2,1-4H3,(H,37,41). The number of nitrogens with one attached hydrogen (secondary N) is 1. The van der Waals surface area contributed by atoms with Gasteiger partial charge in [0.05, 0.1) is 34.1 Å². The second-order valence-corrected chi connectivity index (χ2v) is 10.8. The summed E-state index contributed by atoms with van der Waals surface area (Å²) in [6.45, 7) is 2.12. The maximum atomic E-state index is 14.9. The molecule has 0 unspecified atom stereocenters. The third-order valence-corrected chi connectivity index (χ3v) is 7.86. The second kappa shape index (κ2) is 9.74. The van der Waals surface area contributed by atoms with Gasteiger partial charge in [0.25, 0.3) is 5.91 Å². The fourth-order valence-electron chi connectivity index (χ4n) is 5.77. The van der Waals surface area contributed by atoms with E-state index in [-0.39, 0.29) is 18.5 Å². The van der Waals surface area contributed by atoms with Gasteiger partial charge in [0.1, 0.15) is 28.6 Å². The first kappa shape index (κ1) is 26.3. The topological polar surface area (TPSA) is 96.3 Å². The molecule has 0 saturated heterocycles. The number of rotatable bonds is 4. The zero-order chi connectivity index (χ0) is 30.0. The number of benzene rings is 3. The number of furan rings is 1. The zero-order valence-electron chi connectivity index (χ0n) is 23.9. The largest absolute Gasteiger partial charge is 0.470 e. The van der Waals surface area contributed by atoms with Crippen LogP contribution in [0, 0.1) is 24.1 Å². The van der Waals surface area contributed by atoms with E-state index in [2.05, 4.69) is 11.4 Å². The molecule has 1 N–H and O–H groups in total. The normalized spacial score (nSPS) is 12.0. The Kier molecular flexibility index (Phi) is 5.95. The average molecular weight is 572 g/mol. The van der Waals surface area contributed by atoms with Gasteiger partial charge in [-0.2, -0.15) is 5.26 Å². The minimum absolute atomic E-state index is 0.257. The predicted molar refractivity (Wildman–Crippen MR) is 164 cm³/mol. The molecule has 4 heterocycles. The van der Waals surface area contributed by atoms with Crippen LogP contribution in [-0.2, 0) is 6.73 Å². The van der Waals surface area contributed by atoms with E-state index in [1.807, 2.05) is 66.9 Å². The number of halogens is 1. The summed E-state index contributed by atoms with van der Waals surface area (Å²) in [5.74, 6) is 0.445. The molecule has 0 saturated carbocycles. The lowest BCUT2D eigenvalue weighted by Crippen LogP contribution is -2.18. The van der Waals surface area contributed by atoms with E-state index in [0.29, 0.717) is 55.9 Å². The molecule has 0 atom stereocenters. The van der Waals surface area contributed by atoms with Crippen LogP contribution in [0.25, 0.3) is 55.8 Å². The van der Waals surface area contributed by atoms with Gasteiger partial charge >= 0.3 is 0 Å². The Morgan fingerprint density at radius 2 is 1.86 bits per heavy atom. The molecular weight excluding hydrogens is 545 g/mol. The number of carbonyl (C=O) groups excluding carboxylic acids is 1. The van der Waals surface area contributed by atoms with Gasteiger partial charge in [0.15, 0.2) is 6.73 Å². The molecule has 0 aliphatic carbocycles. The highest BCUT2D eigenvalue weighted by molar-refractivity contribution is 6.12. The summed E-state index contributed by atoms with van der Waals surface area (Å²) in [5, 5.41) is 13.1. The predicted octanol–water partition coefficient (Wildman–Crippen LogP) is 6.88. The Hall–Kier alpha value is -5.62. The number of ether oxygens (including phenoxy) is 1. The molecule has 0 bridgehead atoms. The average Bonchev–Trinajstić information content (AvgIpc) is 3.58. The summed E-state index contributed by atoms with van der Waals surface area (Å²) in [6, 6.07) is 21.9. The fraction of sp³-hybridized carbons (Fsp3) is 0.147. The van der Waals surface area contributed by atoms with Crippen molar-refractivity contribution in [2.24, 2.45) is 0 Å². The molecule has 3 aromatic heterocycles. The van der Waals surface area contributed by atoms with Crippen LogP contribution in [0.1, 0.15) is 21.5 Å². The van der Waals surface area contributed by atoms with Crippen molar-refractivity contribution >= 4 is 33.5 Å². The molecule has 3 aromatic carbocycles. The lowest BCUT2D eigenvalue weighted by atomic mass is 9.99. The highest BCUT2D eigenvalue weighted by atomic mass is 19.1. The van der Waals surface area contributed by atoms with Crippen LogP contribution in [0.2, 0.25) is 0 Å². The zero-order valence-corrected chi connectivity index (χ0v) is 23.9. The lowest BCUT2D eigenvalue weighted by molar-refractivity contribution is 0.0964. The van der Waals surface area contributed by atoms with Crippen LogP contribution in [0.5, 0.6) is 5.75 Å². The monoisotopic (exact) mass is 571 g/mol. The number of aromatic nitrogens is 2. The first-order valence-electron chi connectivity index (χ1n) is 13.7. The van der Waals surface area contributed by atoms with Crippen LogP contribution in [0.4, 0.5) is 10.1 Å². The fourth-order valence-corrected chi connectivity index (χ4v) is 5.77. The van der Waals surface area contributed by atoms with Gasteiger partial charge in [0.2, 0.25) is 0 Å². The molecule has 43 heavy (non-hydrogen) atoms. The Labute approximate surface area is 246 Å². The van der Waals surface area contributed by atoms with Crippen molar-refractivity contribution in [2.45, 2.75) is 13.7 Å². The number of aryl methyl sites for hydroxylation is 1. The lowest BCUT2D eigenvalue weighted by Gasteiger charge is -2.22. The molecule has 8 nitrogen and oxygen atoms in total. The molecule has 6 aromatic rings. The highest BCUT2D eigenvalue weighted by Crippen LogP contribution is 2.43. The number of fused-ring (bicyclic) bond motifs is 6. The van der Waals surface area contributed by atoms with Crippen molar-refractivity contribution in [2.75, 3.05) is 26.0 Å². The van der Waals surface area contributed by atoms with Crippen LogP contribution in [0.15, 0.2) is 71.1 Å². The van der Waals surface area contributed by atoms with Gasteiger partial charge in [-0.3, -0.25) is 4.79 Å². The summed E-state index contributed by atoms with van der Waals surface area (Å²) in [6.07, 6.45) is 0. The van der Waals surface area contributed by atoms with Gasteiger partial charge in [-0.05, 0) is 73.2 Å². The molecule has 9 heteroatoms. The Balaban J connectivity index is 1.44. The first-order chi connectivity index (χ1) is 20.8. The van der Waals surface area contributed by atoms with Gasteiger partial charge in [0, 0.05) is 54.8 Å². The Bertz CT molecular complexity index is 2150. The van der Waals surface area contributed by atoms with Crippen molar-refractivity contribution in [3.05, 3.63) is 89.2 Å². The third kappa shape index (κ3) is 4.10. The van der Waals surface area contributed by atoms with E-state index in [0.717, 1.165) is 28.0 Å². The quantitative estimate of drug-likeness (QED) is 0.248. The van der Waals surface area contributed by atoms with Gasteiger partial charge in [-0.25, -0.2) is 9.37 Å². The number of hydrogen-bond acceptors (Lipinski definition) is 6. The van der Waals surface area contributed by atoms with Crippen LogP contribution >= 0.6 is 0 Å². The van der Waals surface area contributed by atoms with Crippen molar-refractivity contribution < 1.29 is 18.3 Å².